The molecule has 0 aromatic rings. The lowest BCUT2D eigenvalue weighted by atomic mass is 9.98. The average molecular weight is 270 g/mol. The molecule has 0 aromatic carbocycles. The first-order valence-electron chi connectivity index (χ1n) is 7.39. The predicted molar refractivity (Wildman–Crippen MR) is 73.0 cm³/mol. The standard InChI is InChI=1S/C14H26N2O3/c1-11(2)16(9-12-4-3-5-15-8-12)14(17)13-10-18-6-7-19-13/h11-13,15H,3-10H2,1-2H3. The topological polar surface area (TPSA) is 50.8 Å². The van der Waals surface area contributed by atoms with E-state index >= 15 is 0 Å². The van der Waals surface area contributed by atoms with Crippen molar-refractivity contribution in [2.75, 3.05) is 39.5 Å². The van der Waals surface area contributed by atoms with Crippen molar-refractivity contribution in [3.05, 3.63) is 0 Å². The molecule has 2 saturated heterocycles. The van der Waals surface area contributed by atoms with E-state index in [2.05, 4.69) is 19.2 Å². The summed E-state index contributed by atoms with van der Waals surface area (Å²) in [7, 11) is 0. The van der Waals surface area contributed by atoms with Crippen LogP contribution >= 0.6 is 0 Å². The fraction of sp³-hybridized carbons (Fsp3) is 0.929. The minimum atomic E-state index is -0.410. The normalized spacial score (nSPS) is 28.4. The van der Waals surface area contributed by atoms with Crippen LogP contribution in [0.4, 0.5) is 0 Å². The maximum Gasteiger partial charge on any atom is 0.254 e. The molecule has 2 aliphatic heterocycles. The molecule has 0 aromatic heterocycles. The molecule has 5 heteroatoms. The quantitative estimate of drug-likeness (QED) is 0.814. The fourth-order valence-corrected chi connectivity index (χ4v) is 2.73. The third-order valence-electron chi connectivity index (χ3n) is 3.85. The van der Waals surface area contributed by atoms with Crippen LogP contribution in [0.2, 0.25) is 0 Å². The molecule has 1 N–H and O–H groups in total. The van der Waals surface area contributed by atoms with Crippen LogP contribution in [0.15, 0.2) is 0 Å². The molecule has 110 valence electrons. The van der Waals surface area contributed by atoms with Crippen molar-refractivity contribution in [2.24, 2.45) is 5.92 Å². The van der Waals surface area contributed by atoms with Crippen molar-refractivity contribution >= 4 is 5.91 Å². The van der Waals surface area contributed by atoms with Gasteiger partial charge in [-0.05, 0) is 45.7 Å². The van der Waals surface area contributed by atoms with Crippen molar-refractivity contribution < 1.29 is 14.3 Å². The second-order valence-corrected chi connectivity index (χ2v) is 5.73. The number of rotatable bonds is 4. The Morgan fingerprint density at radius 3 is 2.84 bits per heavy atom. The fourth-order valence-electron chi connectivity index (χ4n) is 2.73. The van der Waals surface area contributed by atoms with E-state index in [0.717, 1.165) is 19.6 Å². The third kappa shape index (κ3) is 4.16. The Morgan fingerprint density at radius 2 is 2.26 bits per heavy atom. The molecule has 2 unspecified atom stereocenters. The Bertz CT molecular complexity index is 284. The molecule has 5 nitrogen and oxygen atoms in total. The molecule has 0 spiro atoms. The molecule has 2 rings (SSSR count). The van der Waals surface area contributed by atoms with Gasteiger partial charge in [0.05, 0.1) is 19.8 Å². The highest BCUT2D eigenvalue weighted by atomic mass is 16.6. The second kappa shape index (κ2) is 7.22. The number of hydrogen-bond acceptors (Lipinski definition) is 4. The molecule has 0 bridgehead atoms. The first kappa shape index (κ1) is 14.8. The van der Waals surface area contributed by atoms with Crippen LogP contribution in [0.3, 0.4) is 0 Å². The van der Waals surface area contributed by atoms with Crippen molar-refractivity contribution in [1.82, 2.24) is 10.2 Å². The number of piperidine rings is 1. The van der Waals surface area contributed by atoms with Gasteiger partial charge in [-0.15, -0.1) is 0 Å². The van der Waals surface area contributed by atoms with Crippen LogP contribution in [-0.2, 0) is 14.3 Å². The molecule has 19 heavy (non-hydrogen) atoms. The summed E-state index contributed by atoms with van der Waals surface area (Å²) in [6.07, 6.45) is 1.99. The summed E-state index contributed by atoms with van der Waals surface area (Å²) < 4.78 is 10.9. The number of nitrogens with one attached hydrogen (secondary N) is 1. The first-order chi connectivity index (χ1) is 9.18. The van der Waals surface area contributed by atoms with Crippen molar-refractivity contribution in [2.45, 2.75) is 38.8 Å². The van der Waals surface area contributed by atoms with E-state index < -0.39 is 6.10 Å². The minimum Gasteiger partial charge on any atom is -0.376 e. The molecule has 0 radical (unpaired) electrons. The van der Waals surface area contributed by atoms with Crippen LogP contribution in [0.25, 0.3) is 0 Å². The lowest BCUT2D eigenvalue weighted by molar-refractivity contribution is -0.160. The highest BCUT2D eigenvalue weighted by molar-refractivity contribution is 5.81. The van der Waals surface area contributed by atoms with Gasteiger partial charge in [-0.1, -0.05) is 0 Å². The zero-order valence-electron chi connectivity index (χ0n) is 12.1. The van der Waals surface area contributed by atoms with Gasteiger partial charge in [0.25, 0.3) is 5.91 Å². The van der Waals surface area contributed by atoms with Gasteiger partial charge in [0.15, 0.2) is 6.10 Å². The maximum absolute atomic E-state index is 12.5. The number of carbonyl (C=O) groups excluding carboxylic acids is 1. The number of nitrogens with zero attached hydrogens (tertiary/aromatic N) is 1. The Hall–Kier alpha value is -0.650. The van der Waals surface area contributed by atoms with Crippen LogP contribution in [0.1, 0.15) is 26.7 Å². The van der Waals surface area contributed by atoms with Gasteiger partial charge < -0.3 is 19.7 Å². The van der Waals surface area contributed by atoms with Gasteiger partial charge in [-0.3, -0.25) is 4.79 Å². The van der Waals surface area contributed by atoms with E-state index in [1.807, 2.05) is 4.90 Å². The van der Waals surface area contributed by atoms with Crippen LogP contribution < -0.4 is 5.32 Å². The van der Waals surface area contributed by atoms with E-state index in [4.69, 9.17) is 9.47 Å². The van der Waals surface area contributed by atoms with E-state index in [-0.39, 0.29) is 11.9 Å². The Kier molecular flexibility index (Phi) is 5.60. The van der Waals surface area contributed by atoms with Crippen LogP contribution in [-0.4, -0.2) is 62.4 Å². The summed E-state index contributed by atoms with van der Waals surface area (Å²) >= 11 is 0. The zero-order chi connectivity index (χ0) is 13.7. The van der Waals surface area contributed by atoms with Gasteiger partial charge >= 0.3 is 0 Å². The number of hydrogen-bond donors (Lipinski definition) is 1. The van der Waals surface area contributed by atoms with Crippen molar-refractivity contribution in [3.63, 3.8) is 0 Å². The largest absolute Gasteiger partial charge is 0.376 e. The molecule has 0 aliphatic carbocycles. The lowest BCUT2D eigenvalue weighted by Gasteiger charge is -2.35. The summed E-state index contributed by atoms with van der Waals surface area (Å²) in [4.78, 5) is 14.5. The Labute approximate surface area is 115 Å². The smallest absolute Gasteiger partial charge is 0.254 e. The van der Waals surface area contributed by atoms with E-state index in [1.54, 1.807) is 0 Å². The second-order valence-electron chi connectivity index (χ2n) is 5.73. The number of carbonyl (C=O) groups is 1. The highest BCUT2D eigenvalue weighted by Gasteiger charge is 2.30. The predicted octanol–water partition coefficient (Wildman–Crippen LogP) is 0.638. The maximum atomic E-state index is 12.5. The SMILES string of the molecule is CC(C)N(CC1CCCNC1)C(=O)C1COCCO1. The van der Waals surface area contributed by atoms with Gasteiger partial charge in [-0.25, -0.2) is 0 Å². The zero-order valence-corrected chi connectivity index (χ0v) is 12.1. The summed E-state index contributed by atoms with van der Waals surface area (Å²) in [5.41, 5.74) is 0. The third-order valence-corrected chi connectivity index (χ3v) is 3.85. The monoisotopic (exact) mass is 270 g/mol. The summed E-state index contributed by atoms with van der Waals surface area (Å²) in [6.45, 7) is 8.58. The lowest BCUT2D eigenvalue weighted by Crippen LogP contribution is -2.51. The van der Waals surface area contributed by atoms with E-state index in [0.29, 0.717) is 25.7 Å². The van der Waals surface area contributed by atoms with Gasteiger partial charge in [0, 0.05) is 12.6 Å². The van der Waals surface area contributed by atoms with Gasteiger partial charge in [0.1, 0.15) is 0 Å². The molecule has 0 saturated carbocycles. The van der Waals surface area contributed by atoms with Gasteiger partial charge in [0.2, 0.25) is 0 Å². The van der Waals surface area contributed by atoms with Crippen LogP contribution in [0.5, 0.6) is 0 Å². The highest BCUT2D eigenvalue weighted by Crippen LogP contribution is 2.16. The Balaban J connectivity index is 1.91. The molecule has 2 atom stereocenters. The minimum absolute atomic E-state index is 0.0836. The van der Waals surface area contributed by atoms with Gasteiger partial charge in [-0.2, -0.15) is 0 Å². The summed E-state index contributed by atoms with van der Waals surface area (Å²) in [5.74, 6) is 0.643. The Morgan fingerprint density at radius 1 is 1.42 bits per heavy atom. The van der Waals surface area contributed by atoms with Crippen LogP contribution in [0, 0.1) is 5.92 Å². The number of amides is 1. The molecule has 1 amide bonds. The average Bonchev–Trinajstić information content (AvgIpc) is 2.46. The van der Waals surface area contributed by atoms with Crippen molar-refractivity contribution in [1.29, 1.82) is 0 Å². The summed E-state index contributed by atoms with van der Waals surface area (Å²) in [5, 5.41) is 3.40. The first-order valence-corrected chi connectivity index (χ1v) is 7.39. The molecule has 2 heterocycles. The molecular weight excluding hydrogens is 244 g/mol. The molecule has 2 fully saturated rings. The van der Waals surface area contributed by atoms with E-state index in [1.165, 1.54) is 12.8 Å². The van der Waals surface area contributed by atoms with E-state index in [9.17, 15) is 4.79 Å². The number of ether oxygens (including phenoxy) is 2. The molecular formula is C14H26N2O3. The molecule has 2 aliphatic rings. The summed E-state index contributed by atoms with van der Waals surface area (Å²) in [6, 6.07) is 0.208. The van der Waals surface area contributed by atoms with Crippen molar-refractivity contribution in [3.8, 4) is 0 Å².